The molecule has 0 saturated carbocycles. The van der Waals surface area contributed by atoms with E-state index in [1.165, 1.54) is 6.08 Å². The minimum Gasteiger partial charge on any atom is -0.388 e. The lowest BCUT2D eigenvalue weighted by Gasteiger charge is -1.93. The molecule has 0 rings (SSSR count). The van der Waals surface area contributed by atoms with Crippen LogP contribution < -0.4 is 0 Å². The highest BCUT2D eigenvalue weighted by Gasteiger charge is 1.94. The molecule has 0 saturated heterocycles. The lowest BCUT2D eigenvalue weighted by Crippen LogP contribution is -2.05. The fourth-order valence-corrected chi connectivity index (χ4v) is 0.722. The zero-order valence-electron chi connectivity index (χ0n) is 4.82. The molecule has 0 aliphatic heterocycles. The first-order valence-corrected chi connectivity index (χ1v) is 3.52. The molecule has 0 aliphatic rings. The number of hydrogen-bond acceptors (Lipinski definition) is 3. The third-order valence-electron chi connectivity index (χ3n) is 0.676. The van der Waals surface area contributed by atoms with Crippen molar-refractivity contribution in [2.45, 2.75) is 12.5 Å². The molecule has 0 aromatic rings. The normalized spacial score (nSPS) is 12.1. The van der Waals surface area contributed by atoms with Crippen LogP contribution in [0.1, 0.15) is 6.42 Å². The minimum absolute atomic E-state index is 0.272. The van der Waals surface area contributed by atoms with Crippen LogP contribution in [0.15, 0.2) is 12.7 Å². The molecule has 3 nitrogen and oxygen atoms in total. The average Bonchev–Trinajstić information content (AvgIpc) is 1.63. The van der Waals surface area contributed by atoms with Gasteiger partial charge in [0.15, 0.2) is 0 Å². The highest BCUT2D eigenvalue weighted by molar-refractivity contribution is 7.71. The van der Waals surface area contributed by atoms with Gasteiger partial charge < -0.3 is 5.11 Å². The lowest BCUT2D eigenvalue weighted by atomic mass is 10.3. The van der Waals surface area contributed by atoms with Crippen LogP contribution in [0.25, 0.3) is 0 Å². The predicted octanol–water partition coefficient (Wildman–Crippen LogP) is -0.395. The van der Waals surface area contributed by atoms with Crippen LogP contribution >= 0.6 is 0 Å². The van der Waals surface area contributed by atoms with Gasteiger partial charge in [-0.2, -0.15) is 8.42 Å². The van der Waals surface area contributed by atoms with Gasteiger partial charge in [0.1, 0.15) is 0 Å². The molecule has 0 bridgehead atoms. The van der Waals surface area contributed by atoms with Crippen molar-refractivity contribution in [3.8, 4) is 0 Å². The summed E-state index contributed by atoms with van der Waals surface area (Å²) in [5, 5.41) is 9.52. The van der Waals surface area contributed by atoms with Gasteiger partial charge in [-0.15, -0.1) is 6.58 Å². The summed E-state index contributed by atoms with van der Waals surface area (Å²) in [4.78, 5) is 0. The van der Waals surface area contributed by atoms with Gasteiger partial charge in [-0.3, -0.25) is 0 Å². The molecule has 0 aliphatic carbocycles. The molecular formula is C5H8O3S. The summed E-state index contributed by atoms with van der Waals surface area (Å²) in [6.07, 6.45) is 0.808. The van der Waals surface area contributed by atoms with E-state index in [9.17, 15) is 8.42 Å². The van der Waals surface area contributed by atoms with Gasteiger partial charge in [-0.25, -0.2) is 0 Å². The molecule has 1 unspecified atom stereocenters. The Bertz CT molecular complexity index is 194. The Morgan fingerprint density at radius 1 is 1.67 bits per heavy atom. The second kappa shape index (κ2) is 4.29. The van der Waals surface area contributed by atoms with E-state index in [4.69, 9.17) is 5.11 Å². The molecule has 4 heteroatoms. The van der Waals surface area contributed by atoms with Gasteiger partial charge in [0.05, 0.1) is 11.5 Å². The molecule has 0 heterocycles. The molecule has 1 N–H and O–H groups in total. The summed E-state index contributed by atoms with van der Waals surface area (Å²) in [7, 11) is -2.27. The molecule has 0 amide bonds. The molecule has 0 fully saturated rings. The van der Waals surface area contributed by atoms with Crippen molar-refractivity contribution in [3.05, 3.63) is 12.7 Å². The maximum atomic E-state index is 9.83. The first-order chi connectivity index (χ1) is 4.16. The molecule has 0 radical (unpaired) electrons. The molecule has 0 aromatic heterocycles. The zero-order valence-corrected chi connectivity index (χ0v) is 5.63. The van der Waals surface area contributed by atoms with Crippen LogP contribution in [-0.4, -0.2) is 25.0 Å². The summed E-state index contributed by atoms with van der Waals surface area (Å²) in [6.45, 7) is 3.33. The van der Waals surface area contributed by atoms with E-state index in [2.05, 4.69) is 6.58 Å². The number of rotatable bonds is 3. The SMILES string of the molecule is C=CCC(O)C=S(=O)=O. The lowest BCUT2D eigenvalue weighted by molar-refractivity contribution is 0.252. The maximum absolute atomic E-state index is 9.83. The van der Waals surface area contributed by atoms with E-state index in [1.807, 2.05) is 0 Å². The van der Waals surface area contributed by atoms with Gasteiger partial charge in [-0.1, -0.05) is 6.08 Å². The van der Waals surface area contributed by atoms with Gasteiger partial charge >= 0.3 is 0 Å². The van der Waals surface area contributed by atoms with Crippen molar-refractivity contribution in [2.24, 2.45) is 0 Å². The Kier molecular flexibility index (Phi) is 4.00. The molecule has 52 valence electrons. The fourth-order valence-electron chi connectivity index (χ4n) is 0.355. The van der Waals surface area contributed by atoms with Gasteiger partial charge in [-0.05, 0) is 6.42 Å². The number of aliphatic hydroxyl groups is 1. The summed E-state index contributed by atoms with van der Waals surface area (Å²) in [6, 6.07) is 0. The zero-order chi connectivity index (χ0) is 7.28. The summed E-state index contributed by atoms with van der Waals surface area (Å²) in [5.74, 6) is 0. The Hall–Kier alpha value is -0.610. The van der Waals surface area contributed by atoms with E-state index in [0.717, 1.165) is 5.37 Å². The van der Waals surface area contributed by atoms with Crippen LogP contribution in [0.4, 0.5) is 0 Å². The molecular weight excluding hydrogens is 140 g/mol. The van der Waals surface area contributed by atoms with Crippen LogP contribution in [0.2, 0.25) is 0 Å². The minimum atomic E-state index is -2.27. The van der Waals surface area contributed by atoms with Crippen LogP contribution in [-0.2, 0) is 10.3 Å². The Balaban J connectivity index is 3.91. The second-order valence-corrected chi connectivity index (χ2v) is 2.28. The first-order valence-electron chi connectivity index (χ1n) is 2.39. The van der Waals surface area contributed by atoms with Crippen LogP contribution in [0.3, 0.4) is 0 Å². The molecule has 0 spiro atoms. The number of aliphatic hydroxyl groups excluding tert-OH is 1. The highest BCUT2D eigenvalue weighted by atomic mass is 32.2. The van der Waals surface area contributed by atoms with E-state index < -0.39 is 16.4 Å². The fraction of sp³-hybridized carbons (Fsp3) is 0.400. The van der Waals surface area contributed by atoms with E-state index in [1.54, 1.807) is 0 Å². The summed E-state index contributed by atoms with van der Waals surface area (Å²) < 4.78 is 19.7. The molecule has 9 heavy (non-hydrogen) atoms. The smallest absolute Gasteiger partial charge is 0.212 e. The largest absolute Gasteiger partial charge is 0.388 e. The third-order valence-corrected chi connectivity index (χ3v) is 1.21. The Morgan fingerprint density at radius 2 is 2.22 bits per heavy atom. The monoisotopic (exact) mass is 148 g/mol. The second-order valence-electron chi connectivity index (χ2n) is 1.49. The molecule has 1 atom stereocenters. The van der Waals surface area contributed by atoms with Gasteiger partial charge in [0.25, 0.3) is 0 Å². The van der Waals surface area contributed by atoms with Crippen LogP contribution in [0, 0.1) is 0 Å². The third kappa shape index (κ3) is 5.26. The first kappa shape index (κ1) is 8.39. The van der Waals surface area contributed by atoms with E-state index in [-0.39, 0.29) is 6.42 Å². The van der Waals surface area contributed by atoms with Crippen LogP contribution in [0.5, 0.6) is 0 Å². The Labute approximate surface area is 55.2 Å². The number of hydrogen-bond donors (Lipinski definition) is 1. The highest BCUT2D eigenvalue weighted by Crippen LogP contribution is 1.85. The average molecular weight is 148 g/mol. The van der Waals surface area contributed by atoms with Crippen molar-refractivity contribution in [1.29, 1.82) is 0 Å². The summed E-state index contributed by atoms with van der Waals surface area (Å²) in [5.41, 5.74) is 0. The van der Waals surface area contributed by atoms with Crippen molar-refractivity contribution in [3.63, 3.8) is 0 Å². The van der Waals surface area contributed by atoms with Gasteiger partial charge in [0.2, 0.25) is 10.3 Å². The summed E-state index contributed by atoms with van der Waals surface area (Å²) >= 11 is 0. The van der Waals surface area contributed by atoms with Crippen molar-refractivity contribution in [1.82, 2.24) is 0 Å². The standard InChI is InChI=1S/C5H8O3S/c1-2-3-5(6)4-9(7)8/h2,4-6H,1,3H2. The maximum Gasteiger partial charge on any atom is 0.212 e. The van der Waals surface area contributed by atoms with Crippen molar-refractivity contribution in [2.75, 3.05) is 0 Å². The van der Waals surface area contributed by atoms with Crippen molar-refractivity contribution >= 4 is 15.7 Å². The van der Waals surface area contributed by atoms with Crippen molar-refractivity contribution < 1.29 is 13.5 Å². The molecule has 0 aromatic carbocycles. The van der Waals surface area contributed by atoms with E-state index >= 15 is 0 Å². The van der Waals surface area contributed by atoms with Gasteiger partial charge in [0, 0.05) is 0 Å². The van der Waals surface area contributed by atoms with E-state index in [0.29, 0.717) is 0 Å². The Morgan fingerprint density at radius 3 is 2.56 bits per heavy atom. The topological polar surface area (TPSA) is 54.4 Å². The predicted molar refractivity (Wildman–Crippen MR) is 35.8 cm³/mol. The quantitative estimate of drug-likeness (QED) is 0.438.